The number of hydrogen-bond acceptors (Lipinski definition) is 7. The first-order valence-corrected chi connectivity index (χ1v) is 9.58. The third kappa shape index (κ3) is 5.32. The second-order valence-electron chi connectivity index (χ2n) is 6.87. The zero-order chi connectivity index (χ0) is 21.5. The zero-order valence-electron chi connectivity index (χ0n) is 16.6. The van der Waals surface area contributed by atoms with Gasteiger partial charge in [0.2, 0.25) is 0 Å². The van der Waals surface area contributed by atoms with E-state index in [0.717, 1.165) is 25.3 Å². The third-order valence-electron chi connectivity index (χ3n) is 4.77. The molecule has 0 spiro atoms. The largest absolute Gasteiger partial charge is 0.452 e. The highest BCUT2D eigenvalue weighted by Crippen LogP contribution is 2.25. The molecular formula is C21H23N3O6. The van der Waals surface area contributed by atoms with E-state index in [1.165, 1.54) is 30.4 Å². The normalized spacial score (nSPS) is 12.2. The lowest BCUT2D eigenvalue weighted by Crippen LogP contribution is -2.22. The molecular weight excluding hydrogens is 390 g/mol. The first kappa shape index (κ1) is 21.3. The molecule has 1 aliphatic carbocycles. The lowest BCUT2D eigenvalue weighted by Gasteiger charge is -2.12. The zero-order valence-corrected chi connectivity index (χ0v) is 16.6. The number of aryl methyl sites for hydroxylation is 2. The summed E-state index contributed by atoms with van der Waals surface area (Å²) in [4.78, 5) is 35.1. The molecule has 0 bridgehead atoms. The molecule has 0 fully saturated rings. The molecule has 2 aromatic rings. The van der Waals surface area contributed by atoms with Gasteiger partial charge in [0.1, 0.15) is 0 Å². The molecule has 9 heteroatoms. The number of rotatable bonds is 9. The molecule has 0 atom stereocenters. The Hall–Kier alpha value is -3.46. The fourth-order valence-corrected chi connectivity index (χ4v) is 3.31. The van der Waals surface area contributed by atoms with Crippen LogP contribution in [0.5, 0.6) is 0 Å². The van der Waals surface area contributed by atoms with Crippen molar-refractivity contribution in [2.45, 2.75) is 19.3 Å². The topological polar surface area (TPSA) is 120 Å². The molecule has 0 heterocycles. The van der Waals surface area contributed by atoms with E-state index < -0.39 is 23.4 Å². The Morgan fingerprint density at radius 2 is 1.93 bits per heavy atom. The SMILES string of the molecule is COCCNc1ccc([N+](=O)[O-])cc1C(=O)OCC(=O)Nc1ccc2c(c1)CCC2. The van der Waals surface area contributed by atoms with Crippen molar-refractivity contribution >= 4 is 28.9 Å². The summed E-state index contributed by atoms with van der Waals surface area (Å²) in [5.41, 5.74) is 3.25. The van der Waals surface area contributed by atoms with Crippen molar-refractivity contribution in [2.75, 3.05) is 37.5 Å². The monoisotopic (exact) mass is 413 g/mol. The maximum Gasteiger partial charge on any atom is 0.341 e. The summed E-state index contributed by atoms with van der Waals surface area (Å²) in [6.45, 7) is 0.276. The first-order chi connectivity index (χ1) is 14.5. The molecule has 1 aliphatic rings. The highest BCUT2D eigenvalue weighted by atomic mass is 16.6. The molecule has 3 rings (SSSR count). The van der Waals surface area contributed by atoms with Gasteiger partial charge in [0.15, 0.2) is 6.61 Å². The number of ether oxygens (including phenoxy) is 2. The Bertz CT molecular complexity index is 960. The maximum absolute atomic E-state index is 12.5. The standard InChI is InChI=1S/C21H23N3O6/c1-29-10-9-22-19-8-7-17(24(27)28)12-18(19)21(26)30-13-20(25)23-16-6-5-14-3-2-4-15(14)11-16/h5-8,11-12,22H,2-4,9-10,13H2,1H3,(H,23,25). The molecule has 30 heavy (non-hydrogen) atoms. The van der Waals surface area contributed by atoms with Gasteiger partial charge in [-0.3, -0.25) is 14.9 Å². The molecule has 9 nitrogen and oxygen atoms in total. The van der Waals surface area contributed by atoms with E-state index in [1.54, 1.807) is 0 Å². The number of amides is 1. The van der Waals surface area contributed by atoms with E-state index >= 15 is 0 Å². The van der Waals surface area contributed by atoms with Crippen molar-refractivity contribution in [2.24, 2.45) is 0 Å². The molecule has 0 saturated carbocycles. The van der Waals surface area contributed by atoms with Gasteiger partial charge in [-0.2, -0.15) is 0 Å². The summed E-state index contributed by atoms with van der Waals surface area (Å²) in [6, 6.07) is 9.57. The van der Waals surface area contributed by atoms with E-state index in [1.807, 2.05) is 18.2 Å². The molecule has 1 amide bonds. The van der Waals surface area contributed by atoms with Gasteiger partial charge in [0, 0.05) is 37.2 Å². The molecule has 0 aromatic heterocycles. The highest BCUT2D eigenvalue weighted by molar-refractivity contribution is 5.99. The van der Waals surface area contributed by atoms with Crippen LogP contribution in [0.3, 0.4) is 0 Å². The fourth-order valence-electron chi connectivity index (χ4n) is 3.31. The van der Waals surface area contributed by atoms with Gasteiger partial charge in [-0.15, -0.1) is 0 Å². The smallest absolute Gasteiger partial charge is 0.341 e. The van der Waals surface area contributed by atoms with Crippen molar-refractivity contribution in [1.29, 1.82) is 0 Å². The lowest BCUT2D eigenvalue weighted by molar-refractivity contribution is -0.384. The van der Waals surface area contributed by atoms with Gasteiger partial charge in [0.05, 0.1) is 17.1 Å². The Kier molecular flexibility index (Phi) is 6.97. The second-order valence-corrected chi connectivity index (χ2v) is 6.87. The number of carbonyl (C=O) groups excluding carboxylic acids is 2. The third-order valence-corrected chi connectivity index (χ3v) is 4.77. The Morgan fingerprint density at radius 3 is 2.70 bits per heavy atom. The van der Waals surface area contributed by atoms with Crippen LogP contribution in [-0.4, -0.2) is 43.7 Å². The van der Waals surface area contributed by atoms with Crippen LogP contribution >= 0.6 is 0 Å². The molecule has 0 aliphatic heterocycles. The van der Waals surface area contributed by atoms with Crippen LogP contribution in [0.2, 0.25) is 0 Å². The Balaban J connectivity index is 1.63. The number of nitro groups is 1. The number of benzene rings is 2. The molecule has 0 radical (unpaired) electrons. The number of nitrogens with zero attached hydrogens (tertiary/aromatic N) is 1. The summed E-state index contributed by atoms with van der Waals surface area (Å²) in [5, 5.41) is 16.7. The number of hydrogen-bond donors (Lipinski definition) is 2. The van der Waals surface area contributed by atoms with Crippen LogP contribution in [-0.2, 0) is 27.1 Å². The predicted octanol–water partition coefficient (Wildman–Crippen LogP) is 2.94. The van der Waals surface area contributed by atoms with Crippen LogP contribution in [0.4, 0.5) is 17.1 Å². The average molecular weight is 413 g/mol. The lowest BCUT2D eigenvalue weighted by atomic mass is 10.1. The quantitative estimate of drug-likeness (QED) is 0.281. The highest BCUT2D eigenvalue weighted by Gasteiger charge is 2.19. The first-order valence-electron chi connectivity index (χ1n) is 9.58. The number of carbonyl (C=O) groups is 2. The van der Waals surface area contributed by atoms with Crippen molar-refractivity contribution in [3.05, 3.63) is 63.2 Å². The minimum atomic E-state index is -0.831. The van der Waals surface area contributed by atoms with Crippen molar-refractivity contribution in [3.63, 3.8) is 0 Å². The number of anilines is 2. The van der Waals surface area contributed by atoms with Crippen LogP contribution in [0.15, 0.2) is 36.4 Å². The minimum Gasteiger partial charge on any atom is -0.452 e. The molecule has 158 valence electrons. The number of non-ortho nitro benzene ring substituents is 1. The molecule has 0 unspecified atom stereocenters. The van der Waals surface area contributed by atoms with E-state index in [-0.39, 0.29) is 11.3 Å². The van der Waals surface area contributed by atoms with Crippen molar-refractivity contribution in [3.8, 4) is 0 Å². The summed E-state index contributed by atoms with van der Waals surface area (Å²) < 4.78 is 10.0. The van der Waals surface area contributed by atoms with Crippen LogP contribution in [0.1, 0.15) is 27.9 Å². The van der Waals surface area contributed by atoms with Crippen LogP contribution < -0.4 is 10.6 Å². The number of fused-ring (bicyclic) bond motifs is 1. The van der Waals surface area contributed by atoms with Gasteiger partial charge in [-0.05, 0) is 48.6 Å². The predicted molar refractivity (Wildman–Crippen MR) is 111 cm³/mol. The second kappa shape index (κ2) is 9.84. The van der Waals surface area contributed by atoms with Crippen LogP contribution in [0.25, 0.3) is 0 Å². The Labute approximate surface area is 173 Å². The van der Waals surface area contributed by atoms with E-state index in [4.69, 9.17) is 9.47 Å². The molecule has 0 saturated heterocycles. The van der Waals surface area contributed by atoms with Gasteiger partial charge >= 0.3 is 5.97 Å². The van der Waals surface area contributed by atoms with E-state index in [9.17, 15) is 19.7 Å². The maximum atomic E-state index is 12.5. The number of nitro benzene ring substituents is 1. The van der Waals surface area contributed by atoms with E-state index in [2.05, 4.69) is 10.6 Å². The summed E-state index contributed by atoms with van der Waals surface area (Å²) in [5.74, 6) is -1.32. The van der Waals surface area contributed by atoms with E-state index in [0.29, 0.717) is 24.5 Å². The fraction of sp³-hybridized carbons (Fsp3) is 0.333. The Morgan fingerprint density at radius 1 is 1.13 bits per heavy atom. The van der Waals surface area contributed by atoms with Crippen molar-refractivity contribution < 1.29 is 24.0 Å². The van der Waals surface area contributed by atoms with Gasteiger partial charge in [-0.1, -0.05) is 6.07 Å². The average Bonchev–Trinajstić information content (AvgIpc) is 3.20. The van der Waals surface area contributed by atoms with Gasteiger partial charge in [0.25, 0.3) is 11.6 Å². The summed E-state index contributed by atoms with van der Waals surface area (Å²) in [7, 11) is 1.53. The van der Waals surface area contributed by atoms with Gasteiger partial charge < -0.3 is 20.1 Å². The number of methoxy groups -OCH3 is 1. The summed E-state index contributed by atoms with van der Waals surface area (Å²) >= 11 is 0. The van der Waals surface area contributed by atoms with Crippen LogP contribution in [0, 0.1) is 10.1 Å². The van der Waals surface area contributed by atoms with Crippen molar-refractivity contribution in [1.82, 2.24) is 0 Å². The summed E-state index contributed by atoms with van der Waals surface area (Å²) in [6.07, 6.45) is 3.14. The van der Waals surface area contributed by atoms with Gasteiger partial charge in [-0.25, -0.2) is 4.79 Å². The number of nitrogens with one attached hydrogen (secondary N) is 2. The molecule has 2 N–H and O–H groups in total. The minimum absolute atomic E-state index is 0.0226. The number of esters is 1. The molecule has 2 aromatic carbocycles.